The molecule has 1 unspecified atom stereocenters. The number of nitrogens with zero attached hydrogens (tertiary/aromatic N) is 4. The summed E-state index contributed by atoms with van der Waals surface area (Å²) in [6.07, 6.45) is 3.20. The highest BCUT2D eigenvalue weighted by molar-refractivity contribution is 5.95. The van der Waals surface area contributed by atoms with Crippen molar-refractivity contribution >= 4 is 11.8 Å². The Morgan fingerprint density at radius 3 is 2.57 bits per heavy atom. The molecule has 6 heteroatoms. The molecule has 1 aromatic carbocycles. The van der Waals surface area contributed by atoms with E-state index in [-0.39, 0.29) is 23.3 Å². The summed E-state index contributed by atoms with van der Waals surface area (Å²) in [5.74, 6) is 0.120. The van der Waals surface area contributed by atoms with Crippen LogP contribution >= 0.6 is 0 Å². The standard InChI is InChI=1S/C22H30N4O2/c1-6-10-20(27)25-14-19(22(3,4)15-25)24(5)21(28)18-13-26(23-16(18)2)17-11-8-7-9-12-17/h7-9,11-13,19H,6,10,14-15H2,1-5H3. The largest absolute Gasteiger partial charge is 0.340 e. The lowest BCUT2D eigenvalue weighted by Crippen LogP contribution is -2.45. The molecule has 3 rings (SSSR count). The third-order valence-corrected chi connectivity index (χ3v) is 5.65. The maximum Gasteiger partial charge on any atom is 0.257 e. The van der Waals surface area contributed by atoms with E-state index >= 15 is 0 Å². The number of hydrogen-bond acceptors (Lipinski definition) is 3. The van der Waals surface area contributed by atoms with E-state index in [1.54, 1.807) is 15.8 Å². The van der Waals surface area contributed by atoms with Crippen LogP contribution in [-0.2, 0) is 4.79 Å². The number of aromatic nitrogens is 2. The Bertz CT molecular complexity index is 857. The predicted octanol–water partition coefficient (Wildman–Crippen LogP) is 3.29. The zero-order valence-electron chi connectivity index (χ0n) is 17.5. The van der Waals surface area contributed by atoms with Crippen LogP contribution in [-0.4, -0.2) is 57.6 Å². The molecule has 0 bridgehead atoms. The highest BCUT2D eigenvalue weighted by atomic mass is 16.2. The number of amides is 2. The Kier molecular flexibility index (Phi) is 5.59. The molecule has 0 spiro atoms. The minimum Gasteiger partial charge on any atom is -0.340 e. The van der Waals surface area contributed by atoms with Crippen molar-refractivity contribution < 1.29 is 9.59 Å². The molecule has 0 aliphatic carbocycles. The number of para-hydroxylation sites is 1. The zero-order valence-corrected chi connectivity index (χ0v) is 17.5. The molecule has 1 aliphatic rings. The van der Waals surface area contributed by atoms with E-state index in [0.29, 0.717) is 30.8 Å². The number of benzene rings is 1. The molecular weight excluding hydrogens is 352 g/mol. The number of hydrogen-bond donors (Lipinski definition) is 0. The molecule has 2 aromatic rings. The van der Waals surface area contributed by atoms with Crippen molar-refractivity contribution in [2.45, 2.75) is 46.6 Å². The lowest BCUT2D eigenvalue weighted by molar-refractivity contribution is -0.130. The maximum atomic E-state index is 13.3. The lowest BCUT2D eigenvalue weighted by atomic mass is 9.86. The van der Waals surface area contributed by atoms with Gasteiger partial charge < -0.3 is 9.80 Å². The van der Waals surface area contributed by atoms with Crippen molar-refractivity contribution in [3.8, 4) is 5.69 Å². The van der Waals surface area contributed by atoms with Crippen LogP contribution in [0.15, 0.2) is 36.5 Å². The van der Waals surface area contributed by atoms with Gasteiger partial charge in [-0.15, -0.1) is 0 Å². The van der Waals surface area contributed by atoms with Crippen molar-refractivity contribution in [1.29, 1.82) is 0 Å². The normalized spacial score (nSPS) is 18.3. The molecular formula is C22H30N4O2. The van der Waals surface area contributed by atoms with E-state index in [1.165, 1.54) is 0 Å². The summed E-state index contributed by atoms with van der Waals surface area (Å²) in [4.78, 5) is 29.3. The molecule has 1 fully saturated rings. The zero-order chi connectivity index (χ0) is 20.5. The Labute approximate surface area is 167 Å². The Balaban J connectivity index is 1.81. The maximum absolute atomic E-state index is 13.3. The Morgan fingerprint density at radius 2 is 1.93 bits per heavy atom. The first-order valence-electron chi connectivity index (χ1n) is 9.91. The van der Waals surface area contributed by atoms with Crippen molar-refractivity contribution in [1.82, 2.24) is 19.6 Å². The van der Waals surface area contributed by atoms with Gasteiger partial charge in [0, 0.05) is 38.2 Å². The van der Waals surface area contributed by atoms with E-state index in [0.717, 1.165) is 12.1 Å². The summed E-state index contributed by atoms with van der Waals surface area (Å²) in [5, 5.41) is 4.52. The van der Waals surface area contributed by atoms with Crippen LogP contribution in [0.1, 0.15) is 49.7 Å². The first-order chi connectivity index (χ1) is 13.2. The second-order valence-electron chi connectivity index (χ2n) is 8.35. The predicted molar refractivity (Wildman–Crippen MR) is 109 cm³/mol. The van der Waals surface area contributed by atoms with Crippen molar-refractivity contribution in [2.24, 2.45) is 5.41 Å². The highest BCUT2D eigenvalue weighted by Gasteiger charge is 2.44. The summed E-state index contributed by atoms with van der Waals surface area (Å²) in [6, 6.07) is 9.74. The van der Waals surface area contributed by atoms with Gasteiger partial charge in [0.1, 0.15) is 0 Å². The van der Waals surface area contributed by atoms with Crippen LogP contribution in [0.2, 0.25) is 0 Å². The number of carbonyl (C=O) groups is 2. The molecule has 0 N–H and O–H groups in total. The van der Waals surface area contributed by atoms with E-state index < -0.39 is 0 Å². The van der Waals surface area contributed by atoms with Gasteiger partial charge in [0.25, 0.3) is 5.91 Å². The van der Waals surface area contributed by atoms with Gasteiger partial charge >= 0.3 is 0 Å². The van der Waals surface area contributed by atoms with Crippen LogP contribution in [0.3, 0.4) is 0 Å². The van der Waals surface area contributed by atoms with E-state index in [2.05, 4.69) is 18.9 Å². The summed E-state index contributed by atoms with van der Waals surface area (Å²) in [7, 11) is 1.84. The molecule has 0 saturated carbocycles. The Morgan fingerprint density at radius 1 is 1.25 bits per heavy atom. The van der Waals surface area contributed by atoms with Gasteiger partial charge in [0.2, 0.25) is 5.91 Å². The second kappa shape index (κ2) is 7.78. The smallest absolute Gasteiger partial charge is 0.257 e. The van der Waals surface area contributed by atoms with Crippen LogP contribution in [0.25, 0.3) is 5.69 Å². The number of aryl methyl sites for hydroxylation is 1. The lowest BCUT2D eigenvalue weighted by Gasteiger charge is -2.33. The van der Waals surface area contributed by atoms with Gasteiger partial charge in [0.05, 0.1) is 23.0 Å². The fraction of sp³-hybridized carbons (Fsp3) is 0.500. The average Bonchev–Trinajstić information content (AvgIpc) is 3.21. The van der Waals surface area contributed by atoms with Gasteiger partial charge in [-0.05, 0) is 25.5 Å². The number of likely N-dealkylation sites (N-methyl/N-ethyl adjacent to an activating group) is 1. The third kappa shape index (κ3) is 3.81. The minimum absolute atomic E-state index is 0.0275. The molecule has 28 heavy (non-hydrogen) atoms. The van der Waals surface area contributed by atoms with Gasteiger partial charge in [-0.3, -0.25) is 9.59 Å². The molecule has 2 heterocycles. The van der Waals surface area contributed by atoms with Gasteiger partial charge in [-0.25, -0.2) is 4.68 Å². The first kappa shape index (κ1) is 20.1. The van der Waals surface area contributed by atoms with Gasteiger partial charge in [0.15, 0.2) is 0 Å². The number of likely N-dealkylation sites (tertiary alicyclic amines) is 1. The average molecular weight is 383 g/mol. The molecule has 1 aromatic heterocycles. The van der Waals surface area contributed by atoms with Crippen LogP contribution in [0.4, 0.5) is 0 Å². The summed E-state index contributed by atoms with van der Waals surface area (Å²) in [5.41, 5.74) is 2.07. The first-order valence-corrected chi connectivity index (χ1v) is 9.91. The van der Waals surface area contributed by atoms with Crippen LogP contribution < -0.4 is 0 Å². The quantitative estimate of drug-likeness (QED) is 0.797. The molecule has 0 radical (unpaired) electrons. The molecule has 1 saturated heterocycles. The SMILES string of the molecule is CCCC(=O)N1CC(N(C)C(=O)c2cn(-c3ccccc3)nc2C)C(C)(C)C1. The summed E-state index contributed by atoms with van der Waals surface area (Å²) >= 11 is 0. The van der Waals surface area contributed by atoms with Crippen LogP contribution in [0, 0.1) is 12.3 Å². The minimum atomic E-state index is -0.156. The fourth-order valence-electron chi connectivity index (χ4n) is 4.04. The van der Waals surface area contributed by atoms with Gasteiger partial charge in [-0.1, -0.05) is 39.0 Å². The molecule has 6 nitrogen and oxygen atoms in total. The summed E-state index contributed by atoms with van der Waals surface area (Å²) in [6.45, 7) is 9.38. The van der Waals surface area contributed by atoms with E-state index in [9.17, 15) is 9.59 Å². The van der Waals surface area contributed by atoms with E-state index in [4.69, 9.17) is 0 Å². The van der Waals surface area contributed by atoms with Gasteiger partial charge in [-0.2, -0.15) is 5.10 Å². The third-order valence-electron chi connectivity index (χ3n) is 5.65. The molecule has 150 valence electrons. The monoisotopic (exact) mass is 382 g/mol. The highest BCUT2D eigenvalue weighted by Crippen LogP contribution is 2.34. The van der Waals surface area contributed by atoms with Crippen molar-refractivity contribution in [2.75, 3.05) is 20.1 Å². The Hall–Kier alpha value is -2.63. The van der Waals surface area contributed by atoms with Crippen LogP contribution in [0.5, 0.6) is 0 Å². The number of rotatable bonds is 5. The number of carbonyl (C=O) groups excluding carboxylic acids is 2. The fourth-order valence-corrected chi connectivity index (χ4v) is 4.04. The second-order valence-corrected chi connectivity index (χ2v) is 8.35. The molecule has 1 atom stereocenters. The van der Waals surface area contributed by atoms with E-state index in [1.807, 2.05) is 56.1 Å². The molecule has 1 aliphatic heterocycles. The summed E-state index contributed by atoms with van der Waals surface area (Å²) < 4.78 is 1.74. The van der Waals surface area contributed by atoms with Crippen molar-refractivity contribution in [3.05, 3.63) is 47.8 Å². The van der Waals surface area contributed by atoms with Crippen molar-refractivity contribution in [3.63, 3.8) is 0 Å². The molecule has 2 amide bonds. The topological polar surface area (TPSA) is 58.4 Å².